The summed E-state index contributed by atoms with van der Waals surface area (Å²) in [5, 5.41) is 0. The molecule has 0 saturated heterocycles. The number of likely N-dealkylation sites (N-methyl/N-ethyl adjacent to an activating group) is 2. The zero-order valence-corrected chi connectivity index (χ0v) is 12.0. The molecule has 90 valence electrons. The Kier molecular flexibility index (Phi) is 5.22. The van der Waals surface area contributed by atoms with E-state index in [4.69, 9.17) is 0 Å². The van der Waals surface area contributed by atoms with Crippen molar-refractivity contribution in [2.24, 2.45) is 0 Å². The van der Waals surface area contributed by atoms with Gasteiger partial charge in [0, 0.05) is 25.3 Å². The van der Waals surface area contributed by atoms with Crippen molar-refractivity contribution in [2.45, 2.75) is 19.9 Å². The third-order valence-corrected chi connectivity index (χ3v) is 3.13. The van der Waals surface area contributed by atoms with Crippen LogP contribution in [0.15, 0.2) is 22.8 Å². The van der Waals surface area contributed by atoms with E-state index in [1.165, 1.54) is 0 Å². The molecule has 4 heteroatoms. The molecule has 0 aromatic carbocycles. The first-order valence-electron chi connectivity index (χ1n) is 5.58. The van der Waals surface area contributed by atoms with Crippen LogP contribution in [0, 0.1) is 0 Å². The molecule has 1 aromatic rings. The van der Waals surface area contributed by atoms with E-state index in [1.54, 1.807) is 0 Å². The molecule has 0 spiro atoms. The van der Waals surface area contributed by atoms with Gasteiger partial charge in [-0.3, -0.25) is 0 Å². The first kappa shape index (κ1) is 13.5. The van der Waals surface area contributed by atoms with Gasteiger partial charge in [-0.05, 0) is 56.0 Å². The zero-order chi connectivity index (χ0) is 12.1. The standard InChI is InChI=1S/C12H20BrN3/c1-5-16(10(2)9-15(3)4)12-11(13)7-6-8-14-12/h6-8,10H,5,9H2,1-4H3. The molecule has 0 bridgehead atoms. The van der Waals surface area contributed by atoms with Crippen molar-refractivity contribution in [1.29, 1.82) is 0 Å². The highest BCUT2D eigenvalue weighted by atomic mass is 79.9. The molecule has 3 nitrogen and oxygen atoms in total. The number of pyridine rings is 1. The van der Waals surface area contributed by atoms with Crippen molar-refractivity contribution in [3.8, 4) is 0 Å². The lowest BCUT2D eigenvalue weighted by molar-refractivity contribution is 0.372. The van der Waals surface area contributed by atoms with Gasteiger partial charge < -0.3 is 9.80 Å². The lowest BCUT2D eigenvalue weighted by Gasteiger charge is -2.31. The van der Waals surface area contributed by atoms with Gasteiger partial charge in [-0.15, -0.1) is 0 Å². The fourth-order valence-corrected chi connectivity index (χ4v) is 2.37. The van der Waals surface area contributed by atoms with Crippen molar-refractivity contribution in [3.05, 3.63) is 22.8 Å². The highest BCUT2D eigenvalue weighted by Crippen LogP contribution is 2.24. The number of nitrogens with zero attached hydrogens (tertiary/aromatic N) is 3. The van der Waals surface area contributed by atoms with E-state index >= 15 is 0 Å². The van der Waals surface area contributed by atoms with Crippen LogP contribution < -0.4 is 4.90 Å². The minimum atomic E-state index is 0.450. The summed E-state index contributed by atoms with van der Waals surface area (Å²) < 4.78 is 1.06. The van der Waals surface area contributed by atoms with Crippen LogP contribution >= 0.6 is 15.9 Å². The van der Waals surface area contributed by atoms with Crippen molar-refractivity contribution in [2.75, 3.05) is 32.1 Å². The SMILES string of the molecule is CCN(c1ncccc1Br)C(C)CN(C)C. The molecule has 1 heterocycles. The molecule has 0 aliphatic carbocycles. The first-order valence-corrected chi connectivity index (χ1v) is 6.37. The van der Waals surface area contributed by atoms with Gasteiger partial charge in [-0.25, -0.2) is 4.98 Å². The highest BCUT2D eigenvalue weighted by Gasteiger charge is 2.16. The second kappa shape index (κ2) is 6.21. The van der Waals surface area contributed by atoms with E-state index in [-0.39, 0.29) is 0 Å². The summed E-state index contributed by atoms with van der Waals surface area (Å²) in [6.45, 7) is 6.37. The largest absolute Gasteiger partial charge is 0.352 e. The van der Waals surface area contributed by atoms with Gasteiger partial charge in [0.2, 0.25) is 0 Å². The third-order valence-electron chi connectivity index (χ3n) is 2.51. The topological polar surface area (TPSA) is 19.4 Å². The summed E-state index contributed by atoms with van der Waals surface area (Å²) in [5.41, 5.74) is 0. The molecule has 0 saturated carbocycles. The Morgan fingerprint density at radius 3 is 2.62 bits per heavy atom. The summed E-state index contributed by atoms with van der Waals surface area (Å²) in [6.07, 6.45) is 1.84. The van der Waals surface area contributed by atoms with Crippen LogP contribution in [0.2, 0.25) is 0 Å². The Bertz CT molecular complexity index is 328. The highest BCUT2D eigenvalue weighted by molar-refractivity contribution is 9.10. The van der Waals surface area contributed by atoms with E-state index in [1.807, 2.05) is 18.3 Å². The van der Waals surface area contributed by atoms with E-state index in [2.05, 4.69) is 58.7 Å². The van der Waals surface area contributed by atoms with Gasteiger partial charge in [-0.2, -0.15) is 0 Å². The van der Waals surface area contributed by atoms with E-state index in [0.717, 1.165) is 23.4 Å². The van der Waals surface area contributed by atoms with Crippen LogP contribution in [-0.4, -0.2) is 43.1 Å². The quantitative estimate of drug-likeness (QED) is 0.829. The van der Waals surface area contributed by atoms with Crippen molar-refractivity contribution in [3.63, 3.8) is 0 Å². The average Bonchev–Trinajstić information content (AvgIpc) is 2.20. The fraction of sp³-hybridized carbons (Fsp3) is 0.583. The van der Waals surface area contributed by atoms with Gasteiger partial charge >= 0.3 is 0 Å². The average molecular weight is 286 g/mol. The lowest BCUT2D eigenvalue weighted by atomic mass is 10.2. The minimum absolute atomic E-state index is 0.450. The van der Waals surface area contributed by atoms with E-state index in [0.29, 0.717) is 6.04 Å². The van der Waals surface area contributed by atoms with Gasteiger partial charge in [0.15, 0.2) is 0 Å². The molecule has 1 aromatic heterocycles. The molecule has 0 N–H and O–H groups in total. The molecule has 0 amide bonds. The van der Waals surface area contributed by atoms with Gasteiger partial charge in [0.1, 0.15) is 5.82 Å². The van der Waals surface area contributed by atoms with Gasteiger partial charge in [0.05, 0.1) is 4.47 Å². The maximum atomic E-state index is 4.44. The molecule has 0 radical (unpaired) electrons. The number of aromatic nitrogens is 1. The predicted molar refractivity (Wildman–Crippen MR) is 73.0 cm³/mol. The molecular weight excluding hydrogens is 266 g/mol. The van der Waals surface area contributed by atoms with Crippen molar-refractivity contribution < 1.29 is 0 Å². The molecule has 1 atom stereocenters. The molecule has 1 unspecified atom stereocenters. The monoisotopic (exact) mass is 285 g/mol. The number of halogens is 1. The number of hydrogen-bond donors (Lipinski definition) is 0. The van der Waals surface area contributed by atoms with Crippen LogP contribution in [0.4, 0.5) is 5.82 Å². The summed E-state index contributed by atoms with van der Waals surface area (Å²) >= 11 is 3.55. The molecule has 0 fully saturated rings. The normalized spacial score (nSPS) is 12.9. The predicted octanol–water partition coefficient (Wildman–Crippen LogP) is 2.62. The summed E-state index contributed by atoms with van der Waals surface area (Å²) in [5.74, 6) is 1.03. The Morgan fingerprint density at radius 1 is 1.44 bits per heavy atom. The second-order valence-corrected chi connectivity index (χ2v) is 5.06. The van der Waals surface area contributed by atoms with Gasteiger partial charge in [-0.1, -0.05) is 0 Å². The number of hydrogen-bond acceptors (Lipinski definition) is 3. The molecule has 0 aliphatic rings. The Morgan fingerprint density at radius 2 is 2.12 bits per heavy atom. The summed E-state index contributed by atoms with van der Waals surface area (Å²) in [6, 6.07) is 4.43. The summed E-state index contributed by atoms with van der Waals surface area (Å²) in [4.78, 5) is 8.95. The molecular formula is C12H20BrN3. The smallest absolute Gasteiger partial charge is 0.143 e. The number of anilines is 1. The van der Waals surface area contributed by atoms with E-state index in [9.17, 15) is 0 Å². The second-order valence-electron chi connectivity index (χ2n) is 4.21. The fourth-order valence-electron chi connectivity index (χ4n) is 1.89. The Hall–Kier alpha value is -0.610. The molecule has 16 heavy (non-hydrogen) atoms. The van der Waals surface area contributed by atoms with Crippen LogP contribution in [0.5, 0.6) is 0 Å². The van der Waals surface area contributed by atoms with Crippen molar-refractivity contribution >= 4 is 21.7 Å². The third kappa shape index (κ3) is 3.46. The minimum Gasteiger partial charge on any atom is -0.352 e. The Labute approximate surface area is 107 Å². The summed E-state index contributed by atoms with van der Waals surface area (Å²) in [7, 11) is 4.19. The maximum Gasteiger partial charge on any atom is 0.143 e. The first-order chi connectivity index (χ1) is 7.56. The molecule has 1 rings (SSSR count). The van der Waals surface area contributed by atoms with E-state index < -0.39 is 0 Å². The molecule has 0 aliphatic heterocycles. The Balaban J connectivity index is 2.86. The zero-order valence-electron chi connectivity index (χ0n) is 10.4. The van der Waals surface area contributed by atoms with Crippen LogP contribution in [0.25, 0.3) is 0 Å². The van der Waals surface area contributed by atoms with Crippen LogP contribution in [0.1, 0.15) is 13.8 Å². The van der Waals surface area contributed by atoms with Gasteiger partial charge in [0.25, 0.3) is 0 Å². The maximum absolute atomic E-state index is 4.44. The van der Waals surface area contributed by atoms with Crippen LogP contribution in [-0.2, 0) is 0 Å². The lowest BCUT2D eigenvalue weighted by Crippen LogP contribution is -2.40. The van der Waals surface area contributed by atoms with Crippen molar-refractivity contribution in [1.82, 2.24) is 9.88 Å². The van der Waals surface area contributed by atoms with Crippen LogP contribution in [0.3, 0.4) is 0 Å². The number of rotatable bonds is 5.